The van der Waals surface area contributed by atoms with Crippen molar-refractivity contribution < 1.29 is 17.8 Å². The Labute approximate surface area is 89.8 Å². The van der Waals surface area contributed by atoms with Crippen molar-refractivity contribution in [1.82, 2.24) is 0 Å². The summed E-state index contributed by atoms with van der Waals surface area (Å²) in [7, 11) is -4.33. The molecule has 0 aromatic carbocycles. The summed E-state index contributed by atoms with van der Waals surface area (Å²) in [6.45, 7) is 3.83. The highest BCUT2D eigenvalue weighted by molar-refractivity contribution is 7.85. The third-order valence-electron chi connectivity index (χ3n) is 4.56. The van der Waals surface area contributed by atoms with Gasteiger partial charge in [0, 0.05) is 6.42 Å². The molecule has 0 amide bonds. The molecule has 1 radical (unpaired) electrons. The Morgan fingerprint density at radius 3 is 2.33 bits per heavy atom. The van der Waals surface area contributed by atoms with Crippen LogP contribution in [0.15, 0.2) is 0 Å². The highest BCUT2D eigenvalue weighted by atomic mass is 32.2. The van der Waals surface area contributed by atoms with Gasteiger partial charge in [-0.15, -0.1) is 0 Å². The molecule has 0 aliphatic heterocycles. The average molecular weight is 231 g/mol. The second kappa shape index (κ2) is 2.83. The first-order chi connectivity index (χ1) is 6.69. The van der Waals surface area contributed by atoms with Crippen LogP contribution in [0.4, 0.5) is 0 Å². The van der Waals surface area contributed by atoms with Crippen LogP contribution < -0.4 is 0 Å². The third-order valence-corrected chi connectivity index (χ3v) is 5.41. The predicted molar refractivity (Wildman–Crippen MR) is 53.0 cm³/mol. The van der Waals surface area contributed by atoms with E-state index < -0.39 is 21.3 Å². The molecule has 0 aromatic rings. The van der Waals surface area contributed by atoms with Crippen LogP contribution in [0.1, 0.15) is 33.1 Å². The lowest BCUT2D eigenvalue weighted by Crippen LogP contribution is -2.41. The third kappa shape index (κ3) is 1.36. The largest absolute Gasteiger partial charge is 0.299 e. The van der Waals surface area contributed by atoms with Crippen molar-refractivity contribution in [2.24, 2.45) is 16.7 Å². The number of Topliss-reactive ketones (excluding diaryl/α,β-unsaturated/α-hetero) is 1. The average Bonchev–Trinajstić information content (AvgIpc) is 2.34. The van der Waals surface area contributed by atoms with Crippen molar-refractivity contribution in [2.75, 3.05) is 5.75 Å². The lowest BCUT2D eigenvalue weighted by Gasteiger charge is -2.34. The van der Waals surface area contributed by atoms with E-state index in [-0.39, 0.29) is 17.1 Å². The first-order valence-corrected chi connectivity index (χ1v) is 6.74. The number of hydrogen-bond acceptors (Lipinski definition) is 3. The Bertz CT molecular complexity index is 409. The Kier molecular flexibility index (Phi) is 2.09. The minimum absolute atomic E-state index is 0.0248. The molecule has 4 nitrogen and oxygen atoms in total. The summed E-state index contributed by atoms with van der Waals surface area (Å²) < 4.78 is 32.7. The summed E-state index contributed by atoms with van der Waals surface area (Å²) in [6.07, 6.45) is 1.88. The van der Waals surface area contributed by atoms with E-state index >= 15 is 0 Å². The van der Waals surface area contributed by atoms with E-state index in [1.54, 1.807) is 0 Å². The fraction of sp³-hybridized carbons (Fsp3) is 0.900. The van der Waals surface area contributed by atoms with E-state index in [1.165, 1.54) is 0 Å². The number of rotatable bonds is 2. The maximum Gasteiger partial charge on any atom is 0.295 e. The van der Waals surface area contributed by atoms with E-state index in [2.05, 4.69) is 0 Å². The molecule has 2 rings (SSSR count). The first kappa shape index (κ1) is 11.1. The fourth-order valence-electron chi connectivity index (χ4n) is 3.41. The quantitative estimate of drug-likeness (QED) is 0.715. The maximum atomic E-state index is 11.8. The van der Waals surface area contributed by atoms with Crippen molar-refractivity contribution in [3.63, 3.8) is 0 Å². The van der Waals surface area contributed by atoms with Gasteiger partial charge in [-0.05, 0) is 24.2 Å². The zero-order valence-electron chi connectivity index (χ0n) is 8.95. The predicted octanol–water partition coefficient (Wildman–Crippen LogP) is 1.14. The lowest BCUT2D eigenvalue weighted by molar-refractivity contribution is -0.128. The number of carbonyl (C=O) groups is 1. The molecule has 2 aliphatic carbocycles. The molecule has 2 bridgehead atoms. The molecule has 2 fully saturated rings. The molecule has 0 aromatic heterocycles. The number of ketones is 1. The smallest absolute Gasteiger partial charge is 0.295 e. The second-order valence-electron chi connectivity index (χ2n) is 5.37. The van der Waals surface area contributed by atoms with Crippen molar-refractivity contribution in [2.45, 2.75) is 33.1 Å². The Morgan fingerprint density at radius 1 is 1.40 bits per heavy atom. The number of hydrogen-bond donors (Lipinski definition) is 0. The molecule has 0 saturated heterocycles. The van der Waals surface area contributed by atoms with Crippen LogP contribution in [-0.2, 0) is 19.5 Å². The first-order valence-electron chi connectivity index (χ1n) is 5.16. The van der Waals surface area contributed by atoms with Crippen LogP contribution in [0.3, 0.4) is 0 Å². The van der Waals surface area contributed by atoms with Gasteiger partial charge in [-0.1, -0.05) is 18.4 Å². The molecule has 2 atom stereocenters. The van der Waals surface area contributed by atoms with E-state index in [9.17, 15) is 17.8 Å². The van der Waals surface area contributed by atoms with Crippen LogP contribution in [0.2, 0.25) is 0 Å². The monoisotopic (exact) mass is 231 g/mol. The molecule has 0 heterocycles. The van der Waals surface area contributed by atoms with E-state index in [1.807, 2.05) is 13.8 Å². The van der Waals surface area contributed by atoms with Crippen molar-refractivity contribution >= 4 is 15.9 Å². The van der Waals surface area contributed by atoms with Gasteiger partial charge >= 0.3 is 0 Å². The normalized spacial score (nSPS) is 38.6. The molecule has 0 N–H and O–H groups in total. The van der Waals surface area contributed by atoms with Gasteiger partial charge in [0.15, 0.2) is 0 Å². The van der Waals surface area contributed by atoms with Gasteiger partial charge in [0.2, 0.25) is 0 Å². The van der Waals surface area contributed by atoms with E-state index in [0.29, 0.717) is 12.8 Å². The summed E-state index contributed by atoms with van der Waals surface area (Å²) in [6, 6.07) is 0. The topological polar surface area (TPSA) is 71.1 Å². The van der Waals surface area contributed by atoms with Gasteiger partial charge < -0.3 is 0 Å². The molecule has 2 unspecified atom stereocenters. The fourth-order valence-corrected chi connectivity index (χ4v) is 4.69. The zero-order valence-corrected chi connectivity index (χ0v) is 9.76. The summed E-state index contributed by atoms with van der Waals surface area (Å²) in [5, 5.41) is 0. The van der Waals surface area contributed by atoms with Crippen molar-refractivity contribution in [3.8, 4) is 0 Å². The minimum Gasteiger partial charge on any atom is -0.299 e. The van der Waals surface area contributed by atoms with Crippen LogP contribution in [-0.4, -0.2) is 20.0 Å². The minimum atomic E-state index is -4.33. The molecule has 5 heteroatoms. The van der Waals surface area contributed by atoms with Crippen LogP contribution in [0.25, 0.3) is 0 Å². The molecule has 85 valence electrons. The van der Waals surface area contributed by atoms with E-state index in [4.69, 9.17) is 0 Å². The van der Waals surface area contributed by atoms with Gasteiger partial charge in [-0.2, -0.15) is 8.42 Å². The van der Waals surface area contributed by atoms with Gasteiger partial charge in [0.1, 0.15) is 5.78 Å². The highest BCUT2D eigenvalue weighted by Crippen LogP contribution is 2.64. The van der Waals surface area contributed by atoms with Crippen LogP contribution in [0, 0.1) is 16.7 Å². The lowest BCUT2D eigenvalue weighted by atomic mass is 9.70. The summed E-state index contributed by atoms with van der Waals surface area (Å²) >= 11 is 0. The standard InChI is InChI=1S/C10H15O4S/c1-9(2)7-3-4-10(9,8(11)5-7)6-15(12,13)14/h7H,3-6H2,1-2H3. The van der Waals surface area contributed by atoms with Crippen molar-refractivity contribution in [1.29, 1.82) is 0 Å². The van der Waals surface area contributed by atoms with Crippen LogP contribution >= 0.6 is 0 Å². The molecule has 2 aliphatic rings. The molecule has 2 saturated carbocycles. The molecule has 15 heavy (non-hydrogen) atoms. The van der Waals surface area contributed by atoms with Gasteiger partial charge in [-0.25, -0.2) is 0 Å². The molecular formula is C10H15O4S. The Morgan fingerprint density at radius 2 is 2.00 bits per heavy atom. The SMILES string of the molecule is CC1(C)C2CCC1(CS([O])(=O)=O)C(=O)C2. The highest BCUT2D eigenvalue weighted by Gasteiger charge is 2.65. The van der Waals surface area contributed by atoms with Gasteiger partial charge in [-0.3, -0.25) is 4.79 Å². The number of carbonyl (C=O) groups excluding carboxylic acids is 1. The Hall–Kier alpha value is -0.420. The van der Waals surface area contributed by atoms with Crippen LogP contribution in [0.5, 0.6) is 0 Å². The zero-order chi connectivity index (χ0) is 11.5. The van der Waals surface area contributed by atoms with Gasteiger partial charge in [0.05, 0.1) is 11.2 Å². The number of fused-ring (bicyclic) bond motifs is 2. The second-order valence-corrected chi connectivity index (χ2v) is 6.77. The van der Waals surface area contributed by atoms with Gasteiger partial charge in [0.25, 0.3) is 10.1 Å². The summed E-state index contributed by atoms with van der Waals surface area (Å²) in [4.78, 5) is 11.8. The molecular weight excluding hydrogens is 216 g/mol. The summed E-state index contributed by atoms with van der Waals surface area (Å²) in [5.41, 5.74) is -1.22. The maximum absolute atomic E-state index is 11.8. The van der Waals surface area contributed by atoms with Crippen molar-refractivity contribution in [3.05, 3.63) is 0 Å². The summed E-state index contributed by atoms with van der Waals surface area (Å²) in [5.74, 6) is -0.280. The van der Waals surface area contributed by atoms with E-state index in [0.717, 1.165) is 6.42 Å². The molecule has 0 spiro atoms. The Balaban J connectivity index is 2.45.